The number of aromatic amines is 1. The highest BCUT2D eigenvalue weighted by molar-refractivity contribution is 6.30. The summed E-state index contributed by atoms with van der Waals surface area (Å²) in [4.78, 5) is 47.2. The molecule has 2 aliphatic heterocycles. The quantitative estimate of drug-likeness (QED) is 0.285. The Hall–Kier alpha value is -3.99. The number of nitrogens with one attached hydrogen (secondary N) is 3. The zero-order valence-corrected chi connectivity index (χ0v) is 22.5. The molecule has 3 aromatic rings. The van der Waals surface area contributed by atoms with Crippen LogP contribution in [0.3, 0.4) is 0 Å². The molecule has 0 aliphatic carbocycles. The summed E-state index contributed by atoms with van der Waals surface area (Å²) in [6.45, 7) is 0.233. The van der Waals surface area contributed by atoms with Crippen molar-refractivity contribution in [3.05, 3.63) is 70.1 Å². The number of methoxy groups -OCH3 is 1. The van der Waals surface area contributed by atoms with E-state index in [9.17, 15) is 23.2 Å². The number of urea groups is 1. The fraction of sp³-hybridized carbons (Fsp3) is 0.357. The van der Waals surface area contributed by atoms with E-state index in [1.807, 2.05) is 0 Å². The molecule has 0 radical (unpaired) electrons. The van der Waals surface area contributed by atoms with Gasteiger partial charge in [-0.1, -0.05) is 30.2 Å². The minimum Gasteiger partial charge on any atom is -0.469 e. The van der Waals surface area contributed by atoms with Crippen LogP contribution in [0.25, 0.3) is 11.3 Å². The lowest BCUT2D eigenvalue weighted by Gasteiger charge is -2.38. The van der Waals surface area contributed by atoms with Gasteiger partial charge in [-0.05, 0) is 43.0 Å². The number of fused-ring (bicyclic) bond motifs is 4. The standard InChI is InChI=1S/C28H28ClF2N5O4/c1-40-24(38)13-15-6-7-16-20(12-15)33-23(37)5-3-2-4-22(27-32-14-21(16)34-27)36-11-10-19(35-28(36)39)25-18(30)9-8-17(29)26(25)31/h6-9,12,14,19,22H,2-5,10-11,13H2,1H3,(H,32,34)(H,33,37)(H,35,39)/t19-,22+/m1/s1. The fourth-order valence-corrected chi connectivity index (χ4v) is 5.41. The summed E-state index contributed by atoms with van der Waals surface area (Å²) in [5.41, 5.74) is 2.26. The van der Waals surface area contributed by atoms with Crippen LogP contribution in [0.5, 0.6) is 0 Å². The van der Waals surface area contributed by atoms with E-state index < -0.39 is 35.7 Å². The van der Waals surface area contributed by atoms with Crippen LogP contribution in [0.1, 0.15) is 61.1 Å². The van der Waals surface area contributed by atoms with Gasteiger partial charge in [0.1, 0.15) is 17.5 Å². The van der Waals surface area contributed by atoms with E-state index in [2.05, 4.69) is 20.6 Å². The molecule has 1 aromatic heterocycles. The monoisotopic (exact) mass is 571 g/mol. The van der Waals surface area contributed by atoms with E-state index in [1.54, 1.807) is 29.3 Å². The third-order valence-electron chi connectivity index (χ3n) is 7.29. The van der Waals surface area contributed by atoms with Crippen LogP contribution in [-0.4, -0.2) is 46.4 Å². The minimum atomic E-state index is -0.881. The highest BCUT2D eigenvalue weighted by Crippen LogP contribution is 2.36. The van der Waals surface area contributed by atoms with Crippen LogP contribution in [0.15, 0.2) is 36.5 Å². The zero-order valence-electron chi connectivity index (χ0n) is 21.7. The van der Waals surface area contributed by atoms with Crippen molar-refractivity contribution in [2.45, 2.75) is 50.6 Å². The number of amides is 3. The Bertz CT molecular complexity index is 1460. The number of hydrogen-bond acceptors (Lipinski definition) is 5. The van der Waals surface area contributed by atoms with Gasteiger partial charge in [0.2, 0.25) is 5.91 Å². The number of hydrogen-bond donors (Lipinski definition) is 3. The average molecular weight is 572 g/mol. The van der Waals surface area contributed by atoms with Crippen molar-refractivity contribution < 1.29 is 27.9 Å². The van der Waals surface area contributed by atoms with Gasteiger partial charge in [0, 0.05) is 24.1 Å². The summed E-state index contributed by atoms with van der Waals surface area (Å²) >= 11 is 5.86. The number of halogens is 3. The van der Waals surface area contributed by atoms with Gasteiger partial charge in [-0.25, -0.2) is 18.6 Å². The summed E-state index contributed by atoms with van der Waals surface area (Å²) in [6, 6.07) is 5.74. The van der Waals surface area contributed by atoms with E-state index >= 15 is 0 Å². The van der Waals surface area contributed by atoms with Crippen molar-refractivity contribution in [3.63, 3.8) is 0 Å². The lowest BCUT2D eigenvalue weighted by atomic mass is 9.98. The molecular formula is C28H28ClF2N5O4. The number of aromatic nitrogens is 2. The molecule has 0 unspecified atom stereocenters. The second-order valence-electron chi connectivity index (χ2n) is 9.87. The van der Waals surface area contributed by atoms with Gasteiger partial charge in [0.25, 0.3) is 0 Å². The van der Waals surface area contributed by atoms with Crippen molar-refractivity contribution in [2.24, 2.45) is 0 Å². The van der Waals surface area contributed by atoms with Crippen molar-refractivity contribution in [2.75, 3.05) is 19.0 Å². The first-order chi connectivity index (χ1) is 19.2. The maximum absolute atomic E-state index is 14.6. The number of nitrogens with zero attached hydrogens (tertiary/aromatic N) is 2. The molecule has 2 bridgehead atoms. The molecule has 210 valence electrons. The first-order valence-corrected chi connectivity index (χ1v) is 13.4. The van der Waals surface area contributed by atoms with Crippen molar-refractivity contribution >= 4 is 35.2 Å². The van der Waals surface area contributed by atoms with Gasteiger partial charge in [0.05, 0.1) is 48.2 Å². The minimum absolute atomic E-state index is 0.0595. The average Bonchev–Trinajstić information content (AvgIpc) is 3.41. The molecule has 3 N–H and O–H groups in total. The van der Waals surface area contributed by atoms with E-state index in [-0.39, 0.29) is 42.3 Å². The first kappa shape index (κ1) is 27.6. The van der Waals surface area contributed by atoms with Crippen molar-refractivity contribution in [3.8, 4) is 11.3 Å². The molecular weight excluding hydrogens is 544 g/mol. The fourth-order valence-electron chi connectivity index (χ4n) is 5.25. The van der Waals surface area contributed by atoms with Crippen LogP contribution in [-0.2, 0) is 20.7 Å². The second-order valence-corrected chi connectivity index (χ2v) is 10.3. The van der Waals surface area contributed by atoms with Gasteiger partial charge >= 0.3 is 12.0 Å². The number of rotatable bonds is 4. The third kappa shape index (κ3) is 5.65. The SMILES string of the molecule is COC(=O)Cc1ccc2c(c1)NC(=O)CCCC[C@H](N1CC[C@H](c3c(F)ccc(Cl)c3F)NC1=O)c1ncc-2[nH]1. The Morgan fingerprint density at radius 1 is 1.18 bits per heavy atom. The van der Waals surface area contributed by atoms with E-state index in [0.717, 1.165) is 12.1 Å². The number of esters is 1. The molecule has 1 fully saturated rings. The van der Waals surface area contributed by atoms with Gasteiger partial charge in [-0.3, -0.25) is 9.59 Å². The topological polar surface area (TPSA) is 116 Å². The number of benzene rings is 2. The maximum atomic E-state index is 14.6. The number of carbonyl (C=O) groups excluding carboxylic acids is 3. The van der Waals surface area contributed by atoms with E-state index in [1.165, 1.54) is 7.11 Å². The molecule has 1 saturated heterocycles. The summed E-state index contributed by atoms with van der Waals surface area (Å²) in [6.07, 6.45) is 3.96. The van der Waals surface area contributed by atoms with Crippen LogP contribution in [0, 0.1) is 11.6 Å². The largest absolute Gasteiger partial charge is 0.469 e. The maximum Gasteiger partial charge on any atom is 0.318 e. The highest BCUT2D eigenvalue weighted by atomic mass is 35.5. The van der Waals surface area contributed by atoms with Crippen LogP contribution in [0.2, 0.25) is 5.02 Å². The molecule has 40 heavy (non-hydrogen) atoms. The molecule has 0 spiro atoms. The van der Waals surface area contributed by atoms with E-state index in [4.69, 9.17) is 16.3 Å². The Labute approximate surface area is 234 Å². The molecule has 0 saturated carbocycles. The Balaban J connectivity index is 1.43. The highest BCUT2D eigenvalue weighted by Gasteiger charge is 2.35. The summed E-state index contributed by atoms with van der Waals surface area (Å²) in [5, 5.41) is 5.46. The van der Waals surface area contributed by atoms with Crippen LogP contribution in [0.4, 0.5) is 19.3 Å². The lowest BCUT2D eigenvalue weighted by molar-refractivity contribution is -0.139. The van der Waals surface area contributed by atoms with Crippen LogP contribution >= 0.6 is 11.6 Å². The number of imidazole rings is 1. The number of carbonyl (C=O) groups is 3. The number of H-pyrrole nitrogens is 1. The lowest BCUT2D eigenvalue weighted by Crippen LogP contribution is -2.50. The summed E-state index contributed by atoms with van der Waals surface area (Å²) < 4.78 is 33.9. The van der Waals surface area contributed by atoms with Crippen molar-refractivity contribution in [1.29, 1.82) is 0 Å². The Morgan fingerprint density at radius 3 is 2.77 bits per heavy atom. The number of ether oxygens (including phenoxy) is 1. The summed E-state index contributed by atoms with van der Waals surface area (Å²) in [5.74, 6) is -1.66. The molecule has 5 rings (SSSR count). The Morgan fingerprint density at radius 2 is 2.00 bits per heavy atom. The molecule has 3 heterocycles. The zero-order chi connectivity index (χ0) is 28.4. The Kier molecular flexibility index (Phi) is 8.02. The van der Waals surface area contributed by atoms with Crippen molar-refractivity contribution in [1.82, 2.24) is 20.2 Å². The van der Waals surface area contributed by atoms with Gasteiger partial charge in [-0.2, -0.15) is 0 Å². The molecule has 9 nitrogen and oxygen atoms in total. The smallest absolute Gasteiger partial charge is 0.318 e. The van der Waals surface area contributed by atoms with E-state index in [0.29, 0.717) is 47.6 Å². The second kappa shape index (κ2) is 11.6. The van der Waals surface area contributed by atoms with Gasteiger partial charge in [-0.15, -0.1) is 0 Å². The molecule has 2 aliphatic rings. The van der Waals surface area contributed by atoms with Gasteiger partial charge < -0.3 is 25.3 Å². The molecule has 12 heteroatoms. The van der Waals surface area contributed by atoms with Crippen LogP contribution < -0.4 is 10.6 Å². The predicted octanol–water partition coefficient (Wildman–Crippen LogP) is 5.43. The number of anilines is 1. The predicted molar refractivity (Wildman–Crippen MR) is 144 cm³/mol. The third-order valence-corrected chi connectivity index (χ3v) is 7.58. The molecule has 3 amide bonds. The molecule has 2 aromatic carbocycles. The summed E-state index contributed by atoms with van der Waals surface area (Å²) in [7, 11) is 1.32. The normalized spacial score (nSPS) is 19.6. The van der Waals surface area contributed by atoms with Gasteiger partial charge in [0.15, 0.2) is 0 Å². The molecule has 2 atom stereocenters. The first-order valence-electron chi connectivity index (χ1n) is 13.0.